The number of rotatable bonds is 5. The number of hydrogen-bond donors (Lipinski definition) is 0. The summed E-state index contributed by atoms with van der Waals surface area (Å²) in [6.45, 7) is 1.63. The van der Waals surface area contributed by atoms with Crippen LogP contribution in [0.2, 0.25) is 0 Å². The molecule has 0 radical (unpaired) electrons. The average Bonchev–Trinajstić information content (AvgIpc) is 2.78. The summed E-state index contributed by atoms with van der Waals surface area (Å²) >= 11 is 0. The summed E-state index contributed by atoms with van der Waals surface area (Å²) in [6, 6.07) is 9.91. The highest BCUT2D eigenvalue weighted by molar-refractivity contribution is 7.88. The fourth-order valence-corrected chi connectivity index (χ4v) is 3.47. The molecule has 0 saturated carbocycles. The van der Waals surface area contributed by atoms with Gasteiger partial charge in [0, 0.05) is 12.6 Å². The first-order valence-corrected chi connectivity index (χ1v) is 8.00. The van der Waals surface area contributed by atoms with Crippen LogP contribution in [0.4, 0.5) is 0 Å². The lowest BCUT2D eigenvalue weighted by Gasteiger charge is -2.21. The van der Waals surface area contributed by atoms with Crippen molar-refractivity contribution < 1.29 is 13.2 Å². The highest BCUT2D eigenvalue weighted by atomic mass is 32.2. The van der Waals surface area contributed by atoms with Crippen LogP contribution in [0.15, 0.2) is 30.3 Å². The molecule has 0 N–H and O–H groups in total. The van der Waals surface area contributed by atoms with Crippen molar-refractivity contribution in [2.45, 2.75) is 25.5 Å². The maximum absolute atomic E-state index is 11.5. The molecule has 1 fully saturated rings. The SMILES string of the molecule is CS(=O)(=O)N1CCCC1COCc1ccccc1. The molecule has 1 atom stereocenters. The van der Waals surface area contributed by atoms with Gasteiger partial charge >= 0.3 is 0 Å². The van der Waals surface area contributed by atoms with Gasteiger partial charge in [-0.15, -0.1) is 0 Å². The maximum atomic E-state index is 11.5. The summed E-state index contributed by atoms with van der Waals surface area (Å²) in [5, 5.41) is 0. The zero-order chi connectivity index (χ0) is 13.0. The van der Waals surface area contributed by atoms with Gasteiger partial charge in [0.1, 0.15) is 0 Å². The molecule has 5 heteroatoms. The van der Waals surface area contributed by atoms with Gasteiger partial charge in [-0.3, -0.25) is 0 Å². The quantitative estimate of drug-likeness (QED) is 0.816. The van der Waals surface area contributed by atoms with E-state index in [1.54, 1.807) is 4.31 Å². The first-order valence-electron chi connectivity index (χ1n) is 6.16. The van der Waals surface area contributed by atoms with E-state index in [2.05, 4.69) is 0 Å². The molecule has 1 aliphatic rings. The predicted octanol–water partition coefficient (Wildman–Crippen LogP) is 1.63. The first-order chi connectivity index (χ1) is 8.57. The molecule has 18 heavy (non-hydrogen) atoms. The third-order valence-corrected chi connectivity index (χ3v) is 4.50. The van der Waals surface area contributed by atoms with Crippen molar-refractivity contribution in [3.8, 4) is 0 Å². The average molecular weight is 269 g/mol. The second kappa shape index (κ2) is 5.82. The minimum atomic E-state index is -3.09. The lowest BCUT2D eigenvalue weighted by molar-refractivity contribution is 0.0874. The third kappa shape index (κ3) is 3.54. The van der Waals surface area contributed by atoms with Crippen molar-refractivity contribution in [1.29, 1.82) is 0 Å². The number of hydrogen-bond acceptors (Lipinski definition) is 3. The Kier molecular flexibility index (Phi) is 4.37. The molecule has 1 aliphatic heterocycles. The molecule has 100 valence electrons. The van der Waals surface area contributed by atoms with Crippen LogP contribution < -0.4 is 0 Å². The summed E-state index contributed by atoms with van der Waals surface area (Å²) in [7, 11) is -3.09. The summed E-state index contributed by atoms with van der Waals surface area (Å²) in [4.78, 5) is 0. The van der Waals surface area contributed by atoms with Crippen molar-refractivity contribution in [2.24, 2.45) is 0 Å². The molecule has 0 spiro atoms. The number of benzene rings is 1. The number of sulfonamides is 1. The minimum absolute atomic E-state index is 0.00344. The van der Waals surface area contributed by atoms with Gasteiger partial charge in [-0.05, 0) is 18.4 Å². The largest absolute Gasteiger partial charge is 0.375 e. The van der Waals surface area contributed by atoms with Gasteiger partial charge < -0.3 is 4.74 Å². The van der Waals surface area contributed by atoms with E-state index in [0.29, 0.717) is 19.8 Å². The molecule has 0 aliphatic carbocycles. The Morgan fingerprint density at radius 1 is 1.33 bits per heavy atom. The summed E-state index contributed by atoms with van der Waals surface area (Å²) in [5.41, 5.74) is 1.11. The first kappa shape index (κ1) is 13.5. The van der Waals surface area contributed by atoms with Gasteiger partial charge in [-0.1, -0.05) is 30.3 Å². The molecular formula is C13H19NO3S. The standard InChI is InChI=1S/C13H19NO3S/c1-18(15,16)14-9-5-8-13(14)11-17-10-12-6-3-2-4-7-12/h2-4,6-7,13H,5,8-11H2,1H3. The molecule has 0 bridgehead atoms. The van der Waals surface area contributed by atoms with Crippen molar-refractivity contribution in [1.82, 2.24) is 4.31 Å². The highest BCUT2D eigenvalue weighted by Crippen LogP contribution is 2.20. The van der Waals surface area contributed by atoms with E-state index in [1.807, 2.05) is 30.3 Å². The molecular weight excluding hydrogens is 250 g/mol. The van der Waals surface area contributed by atoms with Gasteiger partial charge in [0.05, 0.1) is 19.5 Å². The second-order valence-corrected chi connectivity index (χ2v) is 6.61. The topological polar surface area (TPSA) is 46.6 Å². The zero-order valence-corrected chi connectivity index (χ0v) is 11.4. The molecule has 1 saturated heterocycles. The zero-order valence-electron chi connectivity index (χ0n) is 10.6. The minimum Gasteiger partial charge on any atom is -0.375 e. The number of nitrogens with zero attached hydrogens (tertiary/aromatic N) is 1. The van der Waals surface area contributed by atoms with Gasteiger partial charge in [0.25, 0.3) is 0 Å². The van der Waals surface area contributed by atoms with Crippen molar-refractivity contribution >= 4 is 10.0 Å². The third-order valence-electron chi connectivity index (χ3n) is 3.17. The second-order valence-electron chi connectivity index (χ2n) is 4.67. The predicted molar refractivity (Wildman–Crippen MR) is 70.7 cm³/mol. The van der Waals surface area contributed by atoms with Crippen LogP contribution >= 0.6 is 0 Å². The fourth-order valence-electron chi connectivity index (χ4n) is 2.30. The van der Waals surface area contributed by atoms with Gasteiger partial charge in [-0.25, -0.2) is 8.42 Å². The van der Waals surface area contributed by atoms with Crippen LogP contribution in [0.25, 0.3) is 0 Å². The molecule has 4 nitrogen and oxygen atoms in total. The number of ether oxygens (including phenoxy) is 1. The lowest BCUT2D eigenvalue weighted by Crippen LogP contribution is -2.37. The van der Waals surface area contributed by atoms with Crippen LogP contribution in [0.1, 0.15) is 18.4 Å². The highest BCUT2D eigenvalue weighted by Gasteiger charge is 2.31. The van der Waals surface area contributed by atoms with E-state index in [9.17, 15) is 8.42 Å². The van der Waals surface area contributed by atoms with Crippen molar-refractivity contribution in [3.63, 3.8) is 0 Å². The van der Waals surface area contributed by atoms with E-state index in [1.165, 1.54) is 6.26 Å². The summed E-state index contributed by atoms with van der Waals surface area (Å²) in [6.07, 6.45) is 3.08. The van der Waals surface area contributed by atoms with Crippen molar-refractivity contribution in [2.75, 3.05) is 19.4 Å². The Morgan fingerprint density at radius 3 is 2.72 bits per heavy atom. The summed E-state index contributed by atoms with van der Waals surface area (Å²) < 4.78 is 30.3. The molecule has 0 amide bonds. The van der Waals surface area contributed by atoms with Crippen LogP contribution in [-0.2, 0) is 21.4 Å². The van der Waals surface area contributed by atoms with E-state index in [-0.39, 0.29) is 6.04 Å². The van der Waals surface area contributed by atoms with Crippen LogP contribution in [0, 0.1) is 0 Å². The monoisotopic (exact) mass is 269 g/mol. The van der Waals surface area contributed by atoms with Gasteiger partial charge in [0.15, 0.2) is 0 Å². The van der Waals surface area contributed by atoms with E-state index < -0.39 is 10.0 Å². The molecule has 1 aromatic carbocycles. The maximum Gasteiger partial charge on any atom is 0.211 e. The fraction of sp³-hybridized carbons (Fsp3) is 0.538. The van der Waals surface area contributed by atoms with E-state index in [0.717, 1.165) is 18.4 Å². The Labute approximate surface area is 109 Å². The normalized spacial score (nSPS) is 21.3. The van der Waals surface area contributed by atoms with Gasteiger partial charge in [0.2, 0.25) is 10.0 Å². The van der Waals surface area contributed by atoms with Crippen molar-refractivity contribution in [3.05, 3.63) is 35.9 Å². The van der Waals surface area contributed by atoms with E-state index >= 15 is 0 Å². The smallest absolute Gasteiger partial charge is 0.211 e. The van der Waals surface area contributed by atoms with Gasteiger partial charge in [-0.2, -0.15) is 4.31 Å². The Balaban J connectivity index is 1.83. The summed E-state index contributed by atoms with van der Waals surface area (Å²) in [5.74, 6) is 0. The van der Waals surface area contributed by atoms with Crippen LogP contribution in [0.3, 0.4) is 0 Å². The van der Waals surface area contributed by atoms with E-state index in [4.69, 9.17) is 4.74 Å². The molecule has 0 aromatic heterocycles. The van der Waals surface area contributed by atoms with Crippen LogP contribution in [0.5, 0.6) is 0 Å². The molecule has 1 unspecified atom stereocenters. The Bertz CT molecular complexity index is 472. The molecule has 1 heterocycles. The Hall–Kier alpha value is -0.910. The molecule has 2 rings (SSSR count). The van der Waals surface area contributed by atoms with Crippen LogP contribution in [-0.4, -0.2) is 38.2 Å². The lowest BCUT2D eigenvalue weighted by atomic mass is 10.2. The Morgan fingerprint density at radius 2 is 2.06 bits per heavy atom. The molecule has 1 aromatic rings.